The monoisotopic (exact) mass is 203 g/mol. The number of esters is 1. The quantitative estimate of drug-likeness (QED) is 0.447. The zero-order valence-corrected chi connectivity index (χ0v) is 9.20. The summed E-state index contributed by atoms with van der Waals surface area (Å²) in [5.41, 5.74) is 0. The van der Waals surface area contributed by atoms with Gasteiger partial charge in [0.15, 0.2) is 0 Å². The third-order valence-corrected chi connectivity index (χ3v) is 2.11. The minimum Gasteiger partial charge on any atom is -0.465 e. The van der Waals surface area contributed by atoms with Crippen molar-refractivity contribution in [3.8, 4) is 0 Å². The Labute approximate surface area is 86.5 Å². The van der Waals surface area contributed by atoms with Crippen molar-refractivity contribution < 1.29 is 9.53 Å². The highest BCUT2D eigenvalue weighted by atomic mass is 32.1. The summed E-state index contributed by atoms with van der Waals surface area (Å²) in [7, 11) is 0. The molecule has 0 saturated heterocycles. The van der Waals surface area contributed by atoms with Crippen LogP contribution < -0.4 is 0 Å². The Morgan fingerprint density at radius 1 is 1.15 bits per heavy atom. The zero-order valence-electron chi connectivity index (χ0n) is 8.38. The summed E-state index contributed by atoms with van der Waals surface area (Å²) in [6.07, 6.45) is 7.26. The van der Waals surface area contributed by atoms with Crippen LogP contribution in [-0.2, 0) is 9.53 Å². The van der Waals surface area contributed by atoms with Crippen LogP contribution in [0, 0.1) is 0 Å². The third-order valence-electron chi connectivity index (χ3n) is 1.88. The van der Waals surface area contributed by atoms with E-state index in [2.05, 4.69) is 19.6 Å². The molecule has 1 radical (unpaired) electrons. The standard InChI is InChI=1S/C10H19O2S/c1-2-3-4-5-6-7-8-12-10(11)9-13/h2-9H2,1H3. The van der Waals surface area contributed by atoms with E-state index in [4.69, 9.17) is 4.74 Å². The van der Waals surface area contributed by atoms with Gasteiger partial charge in [-0.2, -0.15) is 0 Å². The summed E-state index contributed by atoms with van der Waals surface area (Å²) in [5.74, 6) is -0.181. The van der Waals surface area contributed by atoms with Crippen LogP contribution in [0.3, 0.4) is 0 Å². The fourth-order valence-corrected chi connectivity index (χ4v) is 1.19. The average Bonchev–Trinajstić information content (AvgIpc) is 2.16. The number of hydrogen-bond acceptors (Lipinski definition) is 2. The highest BCUT2D eigenvalue weighted by molar-refractivity contribution is 7.81. The molecule has 0 saturated carbocycles. The van der Waals surface area contributed by atoms with Gasteiger partial charge in [-0.1, -0.05) is 51.7 Å². The molecule has 3 heteroatoms. The molecule has 0 aromatic heterocycles. The van der Waals surface area contributed by atoms with E-state index in [9.17, 15) is 4.79 Å². The molecule has 0 aromatic carbocycles. The van der Waals surface area contributed by atoms with Crippen LogP contribution in [0.2, 0.25) is 0 Å². The Morgan fingerprint density at radius 3 is 2.38 bits per heavy atom. The Bertz CT molecular complexity index is 126. The summed E-state index contributed by atoms with van der Waals surface area (Å²) >= 11 is 4.54. The first kappa shape index (κ1) is 12.8. The maximum absolute atomic E-state index is 10.6. The molecule has 0 atom stereocenters. The van der Waals surface area contributed by atoms with E-state index in [0.717, 1.165) is 12.8 Å². The molecule has 0 unspecified atom stereocenters. The van der Waals surface area contributed by atoms with Gasteiger partial charge >= 0.3 is 5.97 Å². The highest BCUT2D eigenvalue weighted by Gasteiger charge is 1.97. The fraction of sp³-hybridized carbons (Fsp3) is 0.900. The van der Waals surface area contributed by atoms with Crippen LogP contribution in [0.15, 0.2) is 0 Å². The first-order chi connectivity index (χ1) is 6.31. The molecule has 0 aliphatic rings. The summed E-state index contributed by atoms with van der Waals surface area (Å²) in [6, 6.07) is 0. The molecule has 77 valence electrons. The van der Waals surface area contributed by atoms with Crippen molar-refractivity contribution in [3.05, 3.63) is 0 Å². The Morgan fingerprint density at radius 2 is 1.77 bits per heavy atom. The first-order valence-electron chi connectivity index (χ1n) is 5.05. The zero-order chi connectivity index (χ0) is 9.94. The van der Waals surface area contributed by atoms with Crippen molar-refractivity contribution >= 4 is 18.6 Å². The number of hydrogen-bond donors (Lipinski definition) is 0. The van der Waals surface area contributed by atoms with E-state index in [1.807, 2.05) is 0 Å². The number of ether oxygens (including phenoxy) is 1. The Kier molecular flexibility index (Phi) is 9.77. The van der Waals surface area contributed by atoms with Crippen molar-refractivity contribution in [1.29, 1.82) is 0 Å². The van der Waals surface area contributed by atoms with Crippen molar-refractivity contribution in [2.75, 3.05) is 12.4 Å². The highest BCUT2D eigenvalue weighted by Crippen LogP contribution is 2.04. The van der Waals surface area contributed by atoms with Gasteiger partial charge in [-0.25, -0.2) is 0 Å². The fourth-order valence-electron chi connectivity index (χ4n) is 1.11. The predicted molar refractivity (Wildman–Crippen MR) is 56.8 cm³/mol. The second kappa shape index (κ2) is 9.90. The van der Waals surface area contributed by atoms with Gasteiger partial charge < -0.3 is 4.74 Å². The van der Waals surface area contributed by atoms with Gasteiger partial charge in [0.25, 0.3) is 0 Å². The van der Waals surface area contributed by atoms with E-state index in [0.29, 0.717) is 6.61 Å². The molecular weight excluding hydrogens is 184 g/mol. The smallest absolute Gasteiger partial charge is 0.316 e. The van der Waals surface area contributed by atoms with Crippen molar-refractivity contribution in [2.45, 2.75) is 45.4 Å². The van der Waals surface area contributed by atoms with Crippen molar-refractivity contribution in [2.24, 2.45) is 0 Å². The molecule has 0 spiro atoms. The van der Waals surface area contributed by atoms with Crippen LogP contribution in [0.25, 0.3) is 0 Å². The second-order valence-corrected chi connectivity index (χ2v) is 3.42. The molecular formula is C10H19O2S. The molecule has 0 aromatic rings. The average molecular weight is 203 g/mol. The van der Waals surface area contributed by atoms with E-state index >= 15 is 0 Å². The molecule has 0 aliphatic heterocycles. The summed E-state index contributed by atoms with van der Waals surface area (Å²) in [4.78, 5) is 10.6. The lowest BCUT2D eigenvalue weighted by molar-refractivity contribution is -0.140. The number of carbonyl (C=O) groups is 1. The molecule has 0 fully saturated rings. The van der Waals surface area contributed by atoms with Gasteiger partial charge in [0.1, 0.15) is 5.75 Å². The molecule has 13 heavy (non-hydrogen) atoms. The number of carbonyl (C=O) groups excluding carboxylic acids is 1. The lowest BCUT2D eigenvalue weighted by Crippen LogP contribution is -2.06. The summed E-state index contributed by atoms with van der Waals surface area (Å²) in [5, 5.41) is 0. The van der Waals surface area contributed by atoms with Crippen molar-refractivity contribution in [3.63, 3.8) is 0 Å². The van der Waals surface area contributed by atoms with E-state index in [-0.39, 0.29) is 11.7 Å². The van der Waals surface area contributed by atoms with Gasteiger partial charge in [-0.3, -0.25) is 4.79 Å². The van der Waals surface area contributed by atoms with Gasteiger partial charge in [-0.05, 0) is 6.42 Å². The SMILES string of the molecule is CCCCCCCCOC(=O)C[S]. The topological polar surface area (TPSA) is 26.3 Å². The largest absolute Gasteiger partial charge is 0.465 e. The van der Waals surface area contributed by atoms with Gasteiger partial charge in [-0.15, -0.1) is 0 Å². The van der Waals surface area contributed by atoms with Gasteiger partial charge in [0, 0.05) is 0 Å². The minimum atomic E-state index is -0.261. The van der Waals surface area contributed by atoms with E-state index < -0.39 is 0 Å². The molecule has 0 aliphatic carbocycles. The third kappa shape index (κ3) is 9.74. The predicted octanol–water partition coefficient (Wildman–Crippen LogP) is 3.09. The van der Waals surface area contributed by atoms with E-state index in [1.165, 1.54) is 25.7 Å². The van der Waals surface area contributed by atoms with Crippen molar-refractivity contribution in [1.82, 2.24) is 0 Å². The number of rotatable bonds is 8. The molecule has 0 bridgehead atoms. The molecule has 0 amide bonds. The van der Waals surface area contributed by atoms with Crippen LogP contribution in [0.1, 0.15) is 45.4 Å². The maximum atomic E-state index is 10.6. The maximum Gasteiger partial charge on any atom is 0.316 e. The lowest BCUT2D eigenvalue weighted by Gasteiger charge is -2.02. The van der Waals surface area contributed by atoms with Crippen LogP contribution in [0.5, 0.6) is 0 Å². The molecule has 2 nitrogen and oxygen atoms in total. The normalized spacial score (nSPS) is 10.0. The van der Waals surface area contributed by atoms with Crippen LogP contribution in [-0.4, -0.2) is 18.3 Å². The van der Waals surface area contributed by atoms with E-state index in [1.54, 1.807) is 0 Å². The molecule has 0 N–H and O–H groups in total. The van der Waals surface area contributed by atoms with Crippen LogP contribution in [0.4, 0.5) is 0 Å². The summed E-state index contributed by atoms with van der Waals surface area (Å²) in [6.45, 7) is 2.74. The summed E-state index contributed by atoms with van der Waals surface area (Å²) < 4.78 is 4.85. The first-order valence-corrected chi connectivity index (χ1v) is 5.62. The molecule has 0 heterocycles. The molecule has 0 rings (SSSR count). The van der Waals surface area contributed by atoms with Gasteiger partial charge in [0.2, 0.25) is 0 Å². The van der Waals surface area contributed by atoms with Crippen LogP contribution >= 0.6 is 12.6 Å². The Balaban J connectivity index is 2.95. The Hall–Kier alpha value is -0.180. The lowest BCUT2D eigenvalue weighted by atomic mass is 10.1. The second-order valence-electron chi connectivity index (χ2n) is 3.13. The number of unbranched alkanes of at least 4 members (excludes halogenated alkanes) is 5. The minimum absolute atomic E-state index is 0.0792. The van der Waals surface area contributed by atoms with Gasteiger partial charge in [0.05, 0.1) is 6.61 Å².